The molecule has 3 rings (SSSR count). The highest BCUT2D eigenvalue weighted by molar-refractivity contribution is 8.26. The van der Waals surface area contributed by atoms with Crippen LogP contribution in [0.1, 0.15) is 95.2 Å². The standard InChI is InChI=1S/C28H40N4O2S2/c1-5-7-9-10-11-16-32-27(34)24(36-28(32)35)17-22-21(4)23(18-29)26(33)31(15-8-6-2)25(22)30-14-12-13-20(3)19-30/h17,20H,5-16,19H2,1-4H3/b24-17+. The molecule has 196 valence electrons. The zero-order valence-electron chi connectivity index (χ0n) is 22.3. The first kappa shape index (κ1) is 28.5. The van der Waals surface area contributed by atoms with E-state index < -0.39 is 0 Å². The van der Waals surface area contributed by atoms with Crippen molar-refractivity contribution in [1.82, 2.24) is 9.47 Å². The van der Waals surface area contributed by atoms with Crippen molar-refractivity contribution in [3.8, 4) is 6.07 Å². The molecule has 0 bridgehead atoms. The summed E-state index contributed by atoms with van der Waals surface area (Å²) in [6.07, 6.45) is 11.5. The van der Waals surface area contributed by atoms with Gasteiger partial charge in [0.25, 0.3) is 11.5 Å². The molecule has 0 saturated carbocycles. The van der Waals surface area contributed by atoms with E-state index in [1.807, 2.05) is 13.0 Å². The van der Waals surface area contributed by atoms with Crippen molar-refractivity contribution in [2.24, 2.45) is 5.92 Å². The monoisotopic (exact) mass is 528 g/mol. The first-order valence-corrected chi connectivity index (χ1v) is 14.7. The van der Waals surface area contributed by atoms with Crippen molar-refractivity contribution < 1.29 is 4.79 Å². The summed E-state index contributed by atoms with van der Waals surface area (Å²) in [7, 11) is 0. The van der Waals surface area contributed by atoms with Crippen molar-refractivity contribution in [3.05, 3.63) is 31.9 Å². The summed E-state index contributed by atoms with van der Waals surface area (Å²) in [6, 6.07) is 2.15. The van der Waals surface area contributed by atoms with Crippen LogP contribution in [-0.4, -0.2) is 39.3 Å². The van der Waals surface area contributed by atoms with Gasteiger partial charge < -0.3 is 4.90 Å². The third-order valence-electron chi connectivity index (χ3n) is 7.17. The van der Waals surface area contributed by atoms with E-state index >= 15 is 0 Å². The van der Waals surface area contributed by atoms with Crippen LogP contribution >= 0.6 is 24.0 Å². The summed E-state index contributed by atoms with van der Waals surface area (Å²) in [4.78, 5) is 31.4. The number of hydrogen-bond donors (Lipinski definition) is 0. The van der Waals surface area contributed by atoms with Crippen molar-refractivity contribution in [2.45, 2.75) is 92.0 Å². The van der Waals surface area contributed by atoms with Crippen LogP contribution in [0.5, 0.6) is 0 Å². The first-order valence-electron chi connectivity index (χ1n) is 13.5. The molecule has 8 heteroatoms. The quantitative estimate of drug-likeness (QED) is 0.192. The molecule has 1 amide bonds. The molecule has 0 radical (unpaired) electrons. The van der Waals surface area contributed by atoms with Crippen LogP contribution in [0.2, 0.25) is 0 Å². The molecule has 1 aromatic rings. The van der Waals surface area contributed by atoms with Gasteiger partial charge in [0.05, 0.1) is 4.91 Å². The molecule has 0 N–H and O–H groups in total. The number of thioether (sulfide) groups is 1. The van der Waals surface area contributed by atoms with Crippen molar-refractivity contribution in [3.63, 3.8) is 0 Å². The summed E-state index contributed by atoms with van der Waals surface area (Å²) < 4.78 is 2.38. The minimum absolute atomic E-state index is 0.0670. The maximum Gasteiger partial charge on any atom is 0.270 e. The van der Waals surface area contributed by atoms with Crippen LogP contribution in [0, 0.1) is 24.2 Å². The van der Waals surface area contributed by atoms with Gasteiger partial charge in [-0.05, 0) is 50.2 Å². The molecular formula is C28H40N4O2S2. The van der Waals surface area contributed by atoms with Gasteiger partial charge in [0.1, 0.15) is 21.8 Å². The second-order valence-electron chi connectivity index (χ2n) is 10.1. The Morgan fingerprint density at radius 2 is 1.83 bits per heavy atom. The number of rotatable bonds is 11. The third kappa shape index (κ3) is 6.41. The van der Waals surface area contributed by atoms with Crippen LogP contribution in [0.4, 0.5) is 5.82 Å². The number of nitriles is 1. The minimum atomic E-state index is -0.228. The van der Waals surface area contributed by atoms with Crippen LogP contribution in [0.15, 0.2) is 9.70 Å². The molecule has 6 nitrogen and oxygen atoms in total. The smallest absolute Gasteiger partial charge is 0.270 e. The Kier molecular flexibility index (Phi) is 10.6. The zero-order chi connectivity index (χ0) is 26.2. The normalized spacial score (nSPS) is 19.4. The molecule has 2 aliphatic rings. The Hall–Kier alpha value is -2.11. The fraction of sp³-hybridized carbons (Fsp3) is 0.643. The summed E-state index contributed by atoms with van der Waals surface area (Å²) >= 11 is 6.91. The number of piperidine rings is 1. The summed E-state index contributed by atoms with van der Waals surface area (Å²) in [6.45, 7) is 11.3. The van der Waals surface area contributed by atoms with E-state index in [1.54, 1.807) is 9.47 Å². The largest absolute Gasteiger partial charge is 0.357 e. The van der Waals surface area contributed by atoms with Gasteiger partial charge in [0.15, 0.2) is 0 Å². The zero-order valence-corrected chi connectivity index (χ0v) is 23.9. The van der Waals surface area contributed by atoms with Crippen LogP contribution in [0.25, 0.3) is 6.08 Å². The highest BCUT2D eigenvalue weighted by atomic mass is 32.2. The van der Waals surface area contributed by atoms with Crippen LogP contribution < -0.4 is 10.5 Å². The number of aromatic nitrogens is 1. The SMILES string of the molecule is CCCCCCCN1C(=O)/C(=C\c2c(C)c(C#N)c(=O)n(CCCC)c2N2CCCC(C)C2)SC1=S. The third-order valence-corrected chi connectivity index (χ3v) is 8.55. The Morgan fingerprint density at radius 1 is 1.11 bits per heavy atom. The lowest BCUT2D eigenvalue weighted by Gasteiger charge is -2.36. The number of carbonyl (C=O) groups excluding carboxylic acids is 1. The summed E-state index contributed by atoms with van der Waals surface area (Å²) in [5.41, 5.74) is 1.39. The molecule has 0 spiro atoms. The van der Waals surface area contributed by atoms with E-state index in [-0.39, 0.29) is 17.0 Å². The van der Waals surface area contributed by atoms with Gasteiger partial charge in [0, 0.05) is 31.7 Å². The lowest BCUT2D eigenvalue weighted by atomic mass is 9.98. The Bertz CT molecular complexity index is 1100. The second kappa shape index (κ2) is 13.4. The van der Waals surface area contributed by atoms with Gasteiger partial charge in [-0.1, -0.05) is 76.9 Å². The van der Waals surface area contributed by atoms with Gasteiger partial charge in [-0.15, -0.1) is 0 Å². The van der Waals surface area contributed by atoms with Gasteiger partial charge in [0.2, 0.25) is 0 Å². The lowest BCUT2D eigenvalue weighted by Crippen LogP contribution is -2.40. The molecule has 0 aromatic carbocycles. The average Bonchev–Trinajstić information content (AvgIpc) is 3.12. The highest BCUT2D eigenvalue weighted by Crippen LogP contribution is 2.37. The van der Waals surface area contributed by atoms with E-state index in [0.29, 0.717) is 33.8 Å². The number of anilines is 1. The maximum atomic E-state index is 13.4. The molecule has 1 atom stereocenters. The molecule has 1 aromatic heterocycles. The predicted molar refractivity (Wildman–Crippen MR) is 154 cm³/mol. The van der Waals surface area contributed by atoms with Crippen molar-refractivity contribution >= 4 is 46.1 Å². The van der Waals surface area contributed by atoms with Crippen LogP contribution in [-0.2, 0) is 11.3 Å². The Labute approximate surface area is 225 Å². The van der Waals surface area contributed by atoms with E-state index in [2.05, 4.69) is 31.7 Å². The number of unbranched alkanes of at least 4 members (excludes halogenated alkanes) is 5. The number of amides is 1. The molecule has 2 saturated heterocycles. The number of hydrogen-bond acceptors (Lipinski definition) is 6. The topological polar surface area (TPSA) is 69.3 Å². The Morgan fingerprint density at radius 3 is 2.50 bits per heavy atom. The predicted octanol–water partition coefficient (Wildman–Crippen LogP) is 6.24. The molecule has 2 aliphatic heterocycles. The molecule has 2 fully saturated rings. The van der Waals surface area contributed by atoms with Crippen molar-refractivity contribution in [2.75, 3.05) is 24.5 Å². The number of carbonyl (C=O) groups is 1. The second-order valence-corrected chi connectivity index (χ2v) is 11.8. The van der Waals surface area contributed by atoms with E-state index in [4.69, 9.17) is 12.2 Å². The van der Waals surface area contributed by atoms with Gasteiger partial charge >= 0.3 is 0 Å². The summed E-state index contributed by atoms with van der Waals surface area (Å²) in [5, 5.41) is 9.87. The lowest BCUT2D eigenvalue weighted by molar-refractivity contribution is -0.122. The van der Waals surface area contributed by atoms with Gasteiger partial charge in [-0.25, -0.2) is 0 Å². The average molecular weight is 529 g/mol. The van der Waals surface area contributed by atoms with Crippen LogP contribution in [0.3, 0.4) is 0 Å². The van der Waals surface area contributed by atoms with E-state index in [0.717, 1.165) is 63.0 Å². The Balaban J connectivity index is 2.05. The number of pyridine rings is 1. The highest BCUT2D eigenvalue weighted by Gasteiger charge is 2.33. The molecule has 36 heavy (non-hydrogen) atoms. The van der Waals surface area contributed by atoms with Gasteiger partial charge in [-0.3, -0.25) is 19.1 Å². The maximum absolute atomic E-state index is 13.4. The molecule has 1 unspecified atom stereocenters. The fourth-order valence-electron chi connectivity index (χ4n) is 5.09. The molecule has 3 heterocycles. The van der Waals surface area contributed by atoms with Gasteiger partial charge in [-0.2, -0.15) is 5.26 Å². The number of thiocarbonyl (C=S) groups is 1. The van der Waals surface area contributed by atoms with Crippen molar-refractivity contribution in [1.29, 1.82) is 5.26 Å². The van der Waals surface area contributed by atoms with E-state index in [1.165, 1.54) is 31.0 Å². The minimum Gasteiger partial charge on any atom is -0.357 e. The fourth-order valence-corrected chi connectivity index (χ4v) is 6.38. The first-order chi connectivity index (χ1) is 17.3. The summed E-state index contributed by atoms with van der Waals surface area (Å²) in [5.74, 6) is 1.30. The molecule has 0 aliphatic carbocycles. The van der Waals surface area contributed by atoms with E-state index in [9.17, 15) is 14.9 Å². The number of nitrogens with zero attached hydrogens (tertiary/aromatic N) is 4. The molecular weight excluding hydrogens is 488 g/mol.